The molecule has 3 aliphatic rings. The van der Waals surface area contributed by atoms with Crippen molar-refractivity contribution in [2.45, 2.75) is 31.4 Å². The molecular formula is C27H20N4O5. The van der Waals surface area contributed by atoms with Crippen LogP contribution in [-0.2, 0) is 15.2 Å². The highest BCUT2D eigenvalue weighted by Crippen LogP contribution is 2.53. The number of oxime groups is 1. The summed E-state index contributed by atoms with van der Waals surface area (Å²) < 4.78 is 16.9. The molecule has 3 aromatic carbocycles. The maximum absolute atomic E-state index is 13.3. The fraction of sp³-hybridized carbons (Fsp3) is 0.222. The van der Waals surface area contributed by atoms with E-state index in [2.05, 4.69) is 19.6 Å². The first-order valence-corrected chi connectivity index (χ1v) is 11.8. The molecule has 2 bridgehead atoms. The van der Waals surface area contributed by atoms with Gasteiger partial charge in [0.1, 0.15) is 12.3 Å². The number of carbonyl (C=O) groups excluding carboxylic acids is 2. The van der Waals surface area contributed by atoms with E-state index in [0.29, 0.717) is 28.6 Å². The number of imide groups is 1. The van der Waals surface area contributed by atoms with Crippen LogP contribution in [0.1, 0.15) is 40.3 Å². The number of para-hydroxylation sites is 2. The van der Waals surface area contributed by atoms with E-state index in [1.165, 1.54) is 0 Å². The first-order chi connectivity index (χ1) is 17.5. The lowest BCUT2D eigenvalue weighted by molar-refractivity contribution is -0.211. The minimum atomic E-state index is -1.11. The Balaban J connectivity index is 1.76. The Hall–Kier alpha value is -4.21. The van der Waals surface area contributed by atoms with Gasteiger partial charge >= 0.3 is 0 Å². The van der Waals surface area contributed by atoms with Crippen molar-refractivity contribution >= 4 is 61.1 Å². The van der Waals surface area contributed by atoms with Crippen molar-refractivity contribution in [2.24, 2.45) is 5.16 Å². The molecule has 0 spiro atoms. The summed E-state index contributed by atoms with van der Waals surface area (Å²) in [5.41, 5.74) is 3.42. The second-order valence-corrected chi connectivity index (χ2v) is 9.76. The summed E-state index contributed by atoms with van der Waals surface area (Å²) in [4.78, 5) is 26.6. The quantitative estimate of drug-likeness (QED) is 0.212. The number of carbonyl (C=O) groups is 2. The molecule has 0 saturated carbocycles. The van der Waals surface area contributed by atoms with Crippen LogP contribution in [0.2, 0.25) is 0 Å². The van der Waals surface area contributed by atoms with Crippen LogP contribution >= 0.6 is 0 Å². The van der Waals surface area contributed by atoms with Crippen molar-refractivity contribution < 1.29 is 24.3 Å². The molecule has 9 heteroatoms. The SMILES string of the molecule is CO[C@@H]1/C(=N\O)C[C@H]2O[C@]1(C)n1c3ccccc3c3c4c(c5c6ccccc6n2c5c31)C(=O)NC4=O. The first-order valence-electron chi connectivity index (χ1n) is 11.8. The number of methoxy groups -OCH3 is 1. The van der Waals surface area contributed by atoms with Gasteiger partial charge in [-0.1, -0.05) is 41.6 Å². The summed E-state index contributed by atoms with van der Waals surface area (Å²) in [6.07, 6.45) is -0.924. The Kier molecular flexibility index (Phi) is 3.51. The minimum Gasteiger partial charge on any atom is -0.411 e. The van der Waals surface area contributed by atoms with Gasteiger partial charge in [0.05, 0.1) is 38.9 Å². The fourth-order valence-corrected chi connectivity index (χ4v) is 6.89. The topological polar surface area (TPSA) is 107 Å². The smallest absolute Gasteiger partial charge is 0.259 e. The standard InChI is InChI=1S/C27H20N4O5/c1-27-24(35-2)14(29-34)11-17(36-27)30-15-9-5-3-7-12(15)18-20-21(26(33)28-25(20)32)19-13-8-4-6-10-16(13)31(27)23(19)22(18)30/h3-10,17,24,34H,11H2,1-2H3,(H,28,32,33)/b29-14-/t17-,24-,27+/m1/s1. The Morgan fingerprint density at radius 2 is 1.61 bits per heavy atom. The van der Waals surface area contributed by atoms with Gasteiger partial charge in [0.25, 0.3) is 11.8 Å². The lowest BCUT2D eigenvalue weighted by Crippen LogP contribution is -2.54. The Labute approximate surface area is 203 Å². The lowest BCUT2D eigenvalue weighted by Gasteiger charge is -2.44. The van der Waals surface area contributed by atoms with Crippen LogP contribution < -0.4 is 5.32 Å². The molecule has 5 aromatic rings. The van der Waals surface area contributed by atoms with Gasteiger partial charge in [-0.2, -0.15) is 0 Å². The van der Waals surface area contributed by atoms with Gasteiger partial charge in [0.2, 0.25) is 0 Å². The highest BCUT2D eigenvalue weighted by atomic mass is 16.6. The normalized spacial score (nSPS) is 26.0. The van der Waals surface area contributed by atoms with E-state index in [1.54, 1.807) is 7.11 Å². The van der Waals surface area contributed by atoms with Crippen molar-refractivity contribution in [1.82, 2.24) is 14.5 Å². The average Bonchev–Trinajstić information content (AvgIpc) is 3.48. The Bertz CT molecular complexity index is 1900. The fourth-order valence-electron chi connectivity index (χ4n) is 6.89. The van der Waals surface area contributed by atoms with Crippen LogP contribution in [0, 0.1) is 0 Å². The molecule has 5 heterocycles. The maximum atomic E-state index is 13.3. The van der Waals surface area contributed by atoms with Crippen molar-refractivity contribution in [2.75, 3.05) is 7.11 Å². The van der Waals surface area contributed by atoms with Crippen molar-refractivity contribution in [3.8, 4) is 0 Å². The summed E-state index contributed by atoms with van der Waals surface area (Å²) in [5, 5.41) is 19.3. The van der Waals surface area contributed by atoms with E-state index < -0.39 is 29.9 Å². The number of benzene rings is 3. The number of ether oxygens (including phenoxy) is 2. The van der Waals surface area contributed by atoms with Gasteiger partial charge in [-0.3, -0.25) is 14.9 Å². The molecule has 8 rings (SSSR count). The predicted molar refractivity (Wildman–Crippen MR) is 133 cm³/mol. The zero-order chi connectivity index (χ0) is 24.5. The number of rotatable bonds is 1. The summed E-state index contributed by atoms with van der Waals surface area (Å²) in [7, 11) is 1.57. The van der Waals surface area contributed by atoms with E-state index in [4.69, 9.17) is 9.47 Å². The van der Waals surface area contributed by atoms with Gasteiger partial charge in [-0.15, -0.1) is 0 Å². The number of nitrogens with one attached hydrogen (secondary N) is 1. The summed E-state index contributed by atoms with van der Waals surface area (Å²) in [6, 6.07) is 15.6. The molecule has 2 N–H and O–H groups in total. The number of aromatic nitrogens is 2. The van der Waals surface area contributed by atoms with Gasteiger partial charge in [0, 0.05) is 35.1 Å². The van der Waals surface area contributed by atoms with E-state index in [0.717, 1.165) is 38.2 Å². The van der Waals surface area contributed by atoms with E-state index >= 15 is 0 Å². The molecule has 3 aliphatic heterocycles. The van der Waals surface area contributed by atoms with Crippen molar-refractivity contribution in [3.63, 3.8) is 0 Å². The van der Waals surface area contributed by atoms with Crippen LogP contribution in [0.15, 0.2) is 53.7 Å². The first kappa shape index (κ1) is 20.0. The number of nitrogens with zero attached hydrogens (tertiary/aromatic N) is 3. The third-order valence-electron chi connectivity index (χ3n) is 8.08. The third kappa shape index (κ3) is 2.01. The molecule has 1 fully saturated rings. The van der Waals surface area contributed by atoms with Crippen molar-refractivity contribution in [1.29, 1.82) is 0 Å². The highest BCUT2D eigenvalue weighted by Gasteiger charge is 2.52. The van der Waals surface area contributed by atoms with E-state index in [1.807, 2.05) is 55.5 Å². The number of hydrogen-bond donors (Lipinski definition) is 2. The van der Waals surface area contributed by atoms with E-state index in [9.17, 15) is 14.8 Å². The number of hydrogen-bond acceptors (Lipinski definition) is 6. The largest absolute Gasteiger partial charge is 0.411 e. The lowest BCUT2D eigenvalue weighted by atomic mass is 9.95. The maximum Gasteiger partial charge on any atom is 0.259 e. The molecule has 178 valence electrons. The van der Waals surface area contributed by atoms with Crippen molar-refractivity contribution in [3.05, 3.63) is 59.7 Å². The molecule has 2 aromatic heterocycles. The molecule has 36 heavy (non-hydrogen) atoms. The molecule has 3 atom stereocenters. The molecular weight excluding hydrogens is 460 g/mol. The number of fused-ring (bicyclic) bond motifs is 13. The second-order valence-electron chi connectivity index (χ2n) is 9.76. The molecule has 0 unspecified atom stereocenters. The van der Waals surface area contributed by atoms with Gasteiger partial charge in [-0.25, -0.2) is 0 Å². The third-order valence-corrected chi connectivity index (χ3v) is 8.08. The highest BCUT2D eigenvalue weighted by molar-refractivity contribution is 6.39. The van der Waals surface area contributed by atoms with Crippen LogP contribution in [0.4, 0.5) is 0 Å². The number of amides is 2. The summed E-state index contributed by atoms with van der Waals surface area (Å²) in [6.45, 7) is 1.92. The van der Waals surface area contributed by atoms with E-state index in [-0.39, 0.29) is 0 Å². The second kappa shape index (κ2) is 6.31. The van der Waals surface area contributed by atoms with Crippen LogP contribution in [-0.4, -0.2) is 45.1 Å². The van der Waals surface area contributed by atoms with Crippen LogP contribution in [0.5, 0.6) is 0 Å². The zero-order valence-electron chi connectivity index (χ0n) is 19.4. The van der Waals surface area contributed by atoms with Gasteiger partial charge in [-0.05, 0) is 19.1 Å². The summed E-state index contributed by atoms with van der Waals surface area (Å²) >= 11 is 0. The van der Waals surface area contributed by atoms with Crippen LogP contribution in [0.3, 0.4) is 0 Å². The average molecular weight is 480 g/mol. The van der Waals surface area contributed by atoms with Crippen LogP contribution in [0.25, 0.3) is 43.6 Å². The molecule has 0 aliphatic carbocycles. The predicted octanol–water partition coefficient (Wildman–Crippen LogP) is 4.24. The Morgan fingerprint density at radius 3 is 2.28 bits per heavy atom. The summed E-state index contributed by atoms with van der Waals surface area (Å²) in [5.74, 6) is -0.806. The Morgan fingerprint density at radius 1 is 1.00 bits per heavy atom. The monoisotopic (exact) mass is 480 g/mol. The molecule has 9 nitrogen and oxygen atoms in total. The van der Waals surface area contributed by atoms with Gasteiger partial charge in [0.15, 0.2) is 5.72 Å². The zero-order valence-corrected chi connectivity index (χ0v) is 19.4. The molecule has 2 amide bonds. The minimum absolute atomic E-state index is 0.296. The molecule has 1 saturated heterocycles. The molecule has 0 radical (unpaired) electrons. The van der Waals surface area contributed by atoms with Gasteiger partial charge < -0.3 is 23.8 Å².